The highest BCUT2D eigenvalue weighted by Crippen LogP contribution is 2.28. The normalized spacial score (nSPS) is 13.8. The number of unbranched alkanes of at least 4 members (excludes halogenated alkanes) is 1. The lowest BCUT2D eigenvalue weighted by atomic mass is 9.93. The maximum atomic E-state index is 12.2. The highest BCUT2D eigenvalue weighted by Gasteiger charge is 2.17. The summed E-state index contributed by atoms with van der Waals surface area (Å²) in [5.41, 5.74) is 8.62. The van der Waals surface area contributed by atoms with Crippen molar-refractivity contribution in [2.24, 2.45) is 0 Å². The fraction of sp³-hybridized carbons (Fsp3) is 0.344. The number of aromatic nitrogens is 1. The highest BCUT2D eigenvalue weighted by atomic mass is 16.5. The third-order valence-corrected chi connectivity index (χ3v) is 7.50. The number of nitrogens with zero attached hydrogens (tertiary/aromatic N) is 2. The van der Waals surface area contributed by atoms with Crippen molar-refractivity contribution < 1.29 is 9.53 Å². The average molecular weight is 481 g/mol. The minimum absolute atomic E-state index is 0.291. The van der Waals surface area contributed by atoms with Gasteiger partial charge in [-0.05, 0) is 90.7 Å². The lowest BCUT2D eigenvalue weighted by Crippen LogP contribution is -2.31. The smallest absolute Gasteiger partial charge is 0.337 e. The monoisotopic (exact) mass is 480 g/mol. The molecule has 2 heterocycles. The molecule has 0 N–H and O–H groups in total. The Morgan fingerprint density at radius 1 is 0.972 bits per heavy atom. The van der Waals surface area contributed by atoms with Gasteiger partial charge < -0.3 is 9.30 Å². The highest BCUT2D eigenvalue weighted by molar-refractivity contribution is 5.96. The largest absolute Gasteiger partial charge is 0.465 e. The van der Waals surface area contributed by atoms with Crippen LogP contribution in [0.5, 0.6) is 0 Å². The van der Waals surface area contributed by atoms with Gasteiger partial charge >= 0.3 is 5.97 Å². The van der Waals surface area contributed by atoms with Gasteiger partial charge in [0.05, 0.1) is 18.2 Å². The molecular formula is C32H36N2O2. The van der Waals surface area contributed by atoms with Crippen molar-refractivity contribution in [3.05, 3.63) is 101 Å². The molecular weight excluding hydrogens is 444 g/mol. The first-order valence-electron chi connectivity index (χ1n) is 13.2. The number of ether oxygens (including phenoxy) is 1. The first-order chi connectivity index (χ1) is 17.5. The molecule has 186 valence electrons. The zero-order chi connectivity index (χ0) is 25.1. The first kappa shape index (κ1) is 24.3. The predicted molar refractivity (Wildman–Crippen MR) is 147 cm³/mol. The Kier molecular flexibility index (Phi) is 7.24. The zero-order valence-corrected chi connectivity index (χ0v) is 21.7. The molecule has 1 aliphatic rings. The number of rotatable bonds is 8. The number of carbonyl (C=O) groups excluding carboxylic acids is 1. The number of aryl methyl sites for hydroxylation is 1. The summed E-state index contributed by atoms with van der Waals surface area (Å²) in [6, 6.07) is 23.3. The third kappa shape index (κ3) is 5.10. The van der Waals surface area contributed by atoms with Crippen molar-refractivity contribution in [1.82, 2.24) is 9.47 Å². The molecule has 0 saturated carbocycles. The van der Waals surface area contributed by atoms with Crippen LogP contribution in [0.2, 0.25) is 0 Å². The van der Waals surface area contributed by atoms with E-state index in [9.17, 15) is 4.79 Å². The van der Waals surface area contributed by atoms with Gasteiger partial charge in [0.2, 0.25) is 0 Å². The predicted octanol–water partition coefficient (Wildman–Crippen LogP) is 6.92. The van der Waals surface area contributed by atoms with E-state index < -0.39 is 0 Å². The summed E-state index contributed by atoms with van der Waals surface area (Å²) in [4.78, 5) is 14.8. The van der Waals surface area contributed by atoms with Gasteiger partial charge in [-0.1, -0.05) is 50.2 Å². The van der Waals surface area contributed by atoms with E-state index in [1.165, 1.54) is 29.4 Å². The van der Waals surface area contributed by atoms with Crippen LogP contribution in [-0.4, -0.2) is 35.6 Å². The van der Waals surface area contributed by atoms with Crippen LogP contribution in [-0.2, 0) is 24.1 Å². The van der Waals surface area contributed by atoms with Crippen LogP contribution in [0, 0.1) is 0 Å². The van der Waals surface area contributed by atoms with Crippen molar-refractivity contribution in [3.8, 4) is 5.69 Å². The molecule has 0 radical (unpaired) electrons. The van der Waals surface area contributed by atoms with E-state index in [4.69, 9.17) is 4.74 Å². The van der Waals surface area contributed by atoms with Gasteiger partial charge in [0.1, 0.15) is 0 Å². The van der Waals surface area contributed by atoms with E-state index in [2.05, 4.69) is 72.0 Å². The summed E-state index contributed by atoms with van der Waals surface area (Å²) in [6.45, 7) is 7.86. The Hall–Kier alpha value is -3.37. The molecule has 4 aromatic rings. The van der Waals surface area contributed by atoms with Crippen molar-refractivity contribution >= 4 is 16.9 Å². The minimum atomic E-state index is -0.291. The molecule has 0 unspecified atom stereocenters. The maximum absolute atomic E-state index is 12.2. The van der Waals surface area contributed by atoms with E-state index in [0.717, 1.165) is 61.9 Å². The first-order valence-corrected chi connectivity index (χ1v) is 13.2. The summed E-state index contributed by atoms with van der Waals surface area (Å²) in [5, 5.41) is 1.13. The second-order valence-electron chi connectivity index (χ2n) is 10.2. The number of para-hydroxylation sites is 1. The molecule has 5 rings (SSSR count). The summed E-state index contributed by atoms with van der Waals surface area (Å²) in [6.07, 6.45) is 6.66. The Morgan fingerprint density at radius 3 is 2.58 bits per heavy atom. The molecule has 4 heteroatoms. The Labute approximate surface area is 214 Å². The Bertz CT molecular complexity index is 1350. The van der Waals surface area contributed by atoms with Crippen molar-refractivity contribution in [2.45, 2.75) is 52.0 Å². The third-order valence-electron chi connectivity index (χ3n) is 7.50. The van der Waals surface area contributed by atoms with Crippen LogP contribution >= 0.6 is 0 Å². The molecule has 0 spiro atoms. The summed E-state index contributed by atoms with van der Waals surface area (Å²) >= 11 is 0. The molecule has 0 fully saturated rings. The molecule has 0 saturated heterocycles. The molecule has 4 nitrogen and oxygen atoms in total. The number of hydrogen-bond donors (Lipinski definition) is 0. The van der Waals surface area contributed by atoms with Gasteiger partial charge in [0.15, 0.2) is 0 Å². The maximum Gasteiger partial charge on any atom is 0.337 e. The fourth-order valence-corrected chi connectivity index (χ4v) is 5.38. The van der Waals surface area contributed by atoms with Crippen LogP contribution in [0.25, 0.3) is 16.6 Å². The number of methoxy groups -OCH3 is 1. The molecule has 1 aromatic heterocycles. The van der Waals surface area contributed by atoms with Gasteiger partial charge in [-0.25, -0.2) is 4.79 Å². The van der Waals surface area contributed by atoms with Gasteiger partial charge in [-0.2, -0.15) is 0 Å². The van der Waals surface area contributed by atoms with Crippen molar-refractivity contribution in [3.63, 3.8) is 0 Å². The second-order valence-corrected chi connectivity index (χ2v) is 10.2. The lowest BCUT2D eigenvalue weighted by molar-refractivity contribution is 0.0601. The molecule has 36 heavy (non-hydrogen) atoms. The zero-order valence-electron chi connectivity index (χ0n) is 21.7. The number of carbonyl (C=O) groups is 1. The van der Waals surface area contributed by atoms with Crippen molar-refractivity contribution in [2.75, 3.05) is 20.2 Å². The van der Waals surface area contributed by atoms with Crippen LogP contribution in [0.3, 0.4) is 0 Å². The molecule has 0 amide bonds. The average Bonchev–Trinajstić information content (AvgIpc) is 3.28. The number of esters is 1. The molecule has 1 aliphatic heterocycles. The number of fused-ring (bicyclic) bond motifs is 2. The van der Waals surface area contributed by atoms with E-state index in [1.54, 1.807) is 0 Å². The second kappa shape index (κ2) is 10.7. The van der Waals surface area contributed by atoms with Crippen LogP contribution in [0.4, 0.5) is 0 Å². The molecule has 0 atom stereocenters. The summed E-state index contributed by atoms with van der Waals surface area (Å²) < 4.78 is 7.21. The van der Waals surface area contributed by atoms with Crippen LogP contribution in [0.15, 0.2) is 72.9 Å². The fourth-order valence-electron chi connectivity index (χ4n) is 5.38. The van der Waals surface area contributed by atoms with Gasteiger partial charge in [0, 0.05) is 30.4 Å². The van der Waals surface area contributed by atoms with Gasteiger partial charge in [0.25, 0.3) is 0 Å². The Balaban J connectivity index is 1.27. The van der Waals surface area contributed by atoms with Crippen molar-refractivity contribution in [1.29, 1.82) is 0 Å². The van der Waals surface area contributed by atoms with Gasteiger partial charge in [-0.15, -0.1) is 0 Å². The van der Waals surface area contributed by atoms with E-state index in [-0.39, 0.29) is 5.97 Å². The molecule has 0 bridgehead atoms. The lowest BCUT2D eigenvalue weighted by Gasteiger charge is -2.29. The summed E-state index contributed by atoms with van der Waals surface area (Å²) in [7, 11) is 1.44. The number of hydrogen-bond acceptors (Lipinski definition) is 3. The minimum Gasteiger partial charge on any atom is -0.465 e. The Morgan fingerprint density at radius 2 is 1.81 bits per heavy atom. The molecule has 3 aromatic carbocycles. The SMILES string of the molecule is COC(=O)c1ccc2c(c1)c(CCCCN1CCc3cc(C(C)C)ccc3C1)cn2-c1ccccc1. The number of benzene rings is 3. The molecule has 0 aliphatic carbocycles. The van der Waals surface area contributed by atoms with E-state index in [1.807, 2.05) is 24.3 Å². The summed E-state index contributed by atoms with van der Waals surface area (Å²) in [5.74, 6) is 0.297. The quantitative estimate of drug-likeness (QED) is 0.203. The van der Waals surface area contributed by atoms with E-state index in [0.29, 0.717) is 11.5 Å². The standard InChI is InChI=1S/C32H36N2O2/c1-23(2)24-12-13-27-21-33(18-16-25(27)19-24)17-8-7-9-28-22-34(29-10-5-4-6-11-29)31-15-14-26(20-30(28)31)32(35)36-3/h4-6,10-15,19-20,22-23H,7-9,16-18,21H2,1-3H3. The van der Waals surface area contributed by atoms with Crippen LogP contribution < -0.4 is 0 Å². The van der Waals surface area contributed by atoms with E-state index >= 15 is 0 Å². The van der Waals surface area contributed by atoms with Crippen LogP contribution in [0.1, 0.15) is 65.2 Å². The van der Waals surface area contributed by atoms with Gasteiger partial charge in [-0.3, -0.25) is 4.90 Å². The topological polar surface area (TPSA) is 34.5 Å².